The minimum absolute atomic E-state index is 0.158. The van der Waals surface area contributed by atoms with Gasteiger partial charge in [0.25, 0.3) is 5.91 Å². The van der Waals surface area contributed by atoms with Crippen LogP contribution in [0.15, 0.2) is 48.7 Å². The lowest BCUT2D eigenvalue weighted by molar-refractivity contribution is -0.143. The number of anilines is 2. The number of aromatic nitrogens is 2. The quantitative estimate of drug-likeness (QED) is 0.429. The summed E-state index contributed by atoms with van der Waals surface area (Å²) in [6.45, 7) is 8.02. The Labute approximate surface area is 221 Å². The minimum atomic E-state index is -0.346. The average Bonchev–Trinajstić information content (AvgIpc) is 3.31. The molecule has 198 valence electrons. The summed E-state index contributed by atoms with van der Waals surface area (Å²) < 4.78 is 19.8. The smallest absolute Gasteiger partial charge is 0.305 e. The van der Waals surface area contributed by atoms with Crippen LogP contribution in [0.2, 0.25) is 0 Å². The summed E-state index contributed by atoms with van der Waals surface area (Å²) in [6, 6.07) is 13.5. The van der Waals surface area contributed by atoms with E-state index < -0.39 is 0 Å². The molecule has 0 unspecified atom stereocenters. The van der Waals surface area contributed by atoms with Crippen molar-refractivity contribution >= 4 is 23.3 Å². The van der Waals surface area contributed by atoms with Gasteiger partial charge in [0.15, 0.2) is 0 Å². The van der Waals surface area contributed by atoms with E-state index in [-0.39, 0.29) is 17.7 Å². The standard InChI is InChI=1S/C28H31FN6O3/c1-3-38-27(36)5-4-12-33-13-15-34(16-14-33)26-11-8-23(17-21(26)18-30)32-28(37)25-19-31-35(20(25)2)24-9-6-22(29)7-10-24/h6-11,17,19H,3-5,12-16H2,1-2H3,(H,32,37). The van der Waals surface area contributed by atoms with Gasteiger partial charge in [-0.05, 0) is 69.3 Å². The normalized spacial score (nSPS) is 13.7. The number of ether oxygens (including phenoxy) is 1. The molecule has 0 aliphatic carbocycles. The lowest BCUT2D eigenvalue weighted by atomic mass is 10.1. The number of carbonyl (C=O) groups excluding carboxylic acids is 2. The van der Waals surface area contributed by atoms with E-state index in [1.807, 2.05) is 6.07 Å². The number of esters is 1. The van der Waals surface area contributed by atoms with Crippen LogP contribution in [0.4, 0.5) is 15.8 Å². The van der Waals surface area contributed by atoms with Crippen LogP contribution in [0, 0.1) is 24.1 Å². The van der Waals surface area contributed by atoms with E-state index in [0.717, 1.165) is 44.8 Å². The average molecular weight is 519 g/mol. The third-order valence-corrected chi connectivity index (χ3v) is 6.57. The third-order valence-electron chi connectivity index (χ3n) is 6.57. The van der Waals surface area contributed by atoms with E-state index in [4.69, 9.17) is 4.74 Å². The molecule has 0 spiro atoms. The molecule has 1 N–H and O–H groups in total. The lowest BCUT2D eigenvalue weighted by Crippen LogP contribution is -2.46. The number of hydrogen-bond acceptors (Lipinski definition) is 7. The second-order valence-corrected chi connectivity index (χ2v) is 9.07. The first kappa shape index (κ1) is 26.8. The number of nitrogens with zero attached hydrogens (tertiary/aromatic N) is 5. The van der Waals surface area contributed by atoms with Gasteiger partial charge in [-0.25, -0.2) is 9.07 Å². The predicted molar refractivity (Wildman–Crippen MR) is 142 cm³/mol. The molecule has 0 bridgehead atoms. The Morgan fingerprint density at radius 2 is 1.87 bits per heavy atom. The van der Waals surface area contributed by atoms with Crippen molar-refractivity contribution in [2.45, 2.75) is 26.7 Å². The van der Waals surface area contributed by atoms with Crippen molar-refractivity contribution < 1.29 is 18.7 Å². The highest BCUT2D eigenvalue weighted by atomic mass is 19.1. The molecule has 10 heteroatoms. The zero-order valence-electron chi connectivity index (χ0n) is 21.6. The highest BCUT2D eigenvalue weighted by Crippen LogP contribution is 2.26. The molecule has 9 nitrogen and oxygen atoms in total. The topological polar surface area (TPSA) is 103 Å². The number of benzene rings is 2. The molecule has 2 aromatic carbocycles. The lowest BCUT2D eigenvalue weighted by Gasteiger charge is -2.36. The molecule has 1 amide bonds. The van der Waals surface area contributed by atoms with E-state index >= 15 is 0 Å². The van der Waals surface area contributed by atoms with Crippen LogP contribution >= 0.6 is 0 Å². The van der Waals surface area contributed by atoms with Crippen LogP contribution in [-0.2, 0) is 9.53 Å². The molecule has 2 heterocycles. The molecule has 3 aromatic rings. The highest BCUT2D eigenvalue weighted by molar-refractivity contribution is 6.05. The van der Waals surface area contributed by atoms with Crippen molar-refractivity contribution in [1.29, 1.82) is 5.26 Å². The van der Waals surface area contributed by atoms with Gasteiger partial charge >= 0.3 is 5.97 Å². The van der Waals surface area contributed by atoms with Crippen molar-refractivity contribution in [1.82, 2.24) is 14.7 Å². The van der Waals surface area contributed by atoms with E-state index in [1.165, 1.54) is 18.3 Å². The Kier molecular flexibility index (Phi) is 8.71. The first-order valence-corrected chi connectivity index (χ1v) is 12.7. The minimum Gasteiger partial charge on any atom is -0.466 e. The summed E-state index contributed by atoms with van der Waals surface area (Å²) in [5.74, 6) is -0.848. The number of nitriles is 1. The van der Waals surface area contributed by atoms with Crippen molar-refractivity contribution in [3.8, 4) is 11.8 Å². The van der Waals surface area contributed by atoms with Gasteiger partial charge in [-0.1, -0.05) is 0 Å². The molecule has 0 saturated carbocycles. The molecule has 1 aliphatic rings. The SMILES string of the molecule is CCOC(=O)CCCN1CCN(c2ccc(NC(=O)c3cnn(-c4ccc(F)cc4)c3C)cc2C#N)CC1. The largest absolute Gasteiger partial charge is 0.466 e. The number of nitrogens with one attached hydrogen (secondary N) is 1. The van der Waals surface area contributed by atoms with Gasteiger partial charge in [0.2, 0.25) is 0 Å². The van der Waals surface area contributed by atoms with E-state index in [1.54, 1.807) is 42.8 Å². The number of hydrogen-bond donors (Lipinski definition) is 1. The van der Waals surface area contributed by atoms with Crippen molar-refractivity contribution in [3.63, 3.8) is 0 Å². The fourth-order valence-corrected chi connectivity index (χ4v) is 4.55. The van der Waals surface area contributed by atoms with Crippen molar-refractivity contribution in [3.05, 3.63) is 71.3 Å². The number of rotatable bonds is 9. The highest BCUT2D eigenvalue weighted by Gasteiger charge is 2.21. The fraction of sp³-hybridized carbons (Fsp3) is 0.357. The number of piperazine rings is 1. The molecule has 1 aliphatic heterocycles. The first-order chi connectivity index (χ1) is 18.4. The van der Waals surface area contributed by atoms with Crippen LogP contribution < -0.4 is 10.2 Å². The molecule has 0 atom stereocenters. The van der Waals surface area contributed by atoms with Gasteiger partial charge in [-0.2, -0.15) is 10.4 Å². The van der Waals surface area contributed by atoms with Gasteiger partial charge < -0.3 is 15.0 Å². The van der Waals surface area contributed by atoms with Gasteiger partial charge in [0.1, 0.15) is 11.9 Å². The zero-order chi connectivity index (χ0) is 27.1. The van der Waals surface area contributed by atoms with Gasteiger partial charge in [-0.3, -0.25) is 14.5 Å². The number of halogens is 1. The van der Waals surface area contributed by atoms with Crippen LogP contribution in [0.1, 0.15) is 41.4 Å². The Morgan fingerprint density at radius 1 is 1.13 bits per heavy atom. The molecule has 1 saturated heterocycles. The van der Waals surface area contributed by atoms with Gasteiger partial charge in [-0.15, -0.1) is 0 Å². The molecule has 4 rings (SSSR count). The maximum Gasteiger partial charge on any atom is 0.305 e. The summed E-state index contributed by atoms with van der Waals surface area (Å²) >= 11 is 0. The fourth-order valence-electron chi connectivity index (χ4n) is 4.55. The Bertz CT molecular complexity index is 1320. The van der Waals surface area contributed by atoms with E-state index in [2.05, 4.69) is 26.3 Å². The third kappa shape index (κ3) is 6.36. The zero-order valence-corrected chi connectivity index (χ0v) is 21.6. The molecular formula is C28H31FN6O3. The van der Waals surface area contributed by atoms with Crippen LogP contribution in [0.5, 0.6) is 0 Å². The Balaban J connectivity index is 1.36. The Morgan fingerprint density at radius 3 is 2.55 bits per heavy atom. The molecule has 38 heavy (non-hydrogen) atoms. The number of amides is 1. The maximum absolute atomic E-state index is 13.3. The molecule has 0 radical (unpaired) electrons. The van der Waals surface area contributed by atoms with E-state index in [0.29, 0.717) is 41.2 Å². The van der Waals surface area contributed by atoms with Gasteiger partial charge in [0.05, 0.1) is 41.0 Å². The second kappa shape index (κ2) is 12.3. The van der Waals surface area contributed by atoms with Crippen molar-refractivity contribution in [2.24, 2.45) is 0 Å². The summed E-state index contributed by atoms with van der Waals surface area (Å²) in [5, 5.41) is 16.9. The summed E-state index contributed by atoms with van der Waals surface area (Å²) in [7, 11) is 0. The monoisotopic (exact) mass is 518 g/mol. The second-order valence-electron chi connectivity index (χ2n) is 9.07. The van der Waals surface area contributed by atoms with Crippen LogP contribution in [-0.4, -0.2) is 65.9 Å². The summed E-state index contributed by atoms with van der Waals surface area (Å²) in [6.07, 6.45) is 2.66. The molecular weight excluding hydrogens is 487 g/mol. The summed E-state index contributed by atoms with van der Waals surface area (Å²) in [4.78, 5) is 29.0. The van der Waals surface area contributed by atoms with Gasteiger partial charge in [0, 0.05) is 38.3 Å². The maximum atomic E-state index is 13.3. The van der Waals surface area contributed by atoms with Crippen molar-refractivity contribution in [2.75, 3.05) is 49.5 Å². The molecule has 1 aromatic heterocycles. The first-order valence-electron chi connectivity index (χ1n) is 12.7. The molecule has 1 fully saturated rings. The van der Waals surface area contributed by atoms with Crippen LogP contribution in [0.25, 0.3) is 5.69 Å². The predicted octanol–water partition coefficient (Wildman–Crippen LogP) is 3.91. The van der Waals surface area contributed by atoms with E-state index in [9.17, 15) is 19.2 Å². The number of carbonyl (C=O) groups is 2. The summed E-state index contributed by atoms with van der Waals surface area (Å²) in [5.41, 5.74) is 3.48. The van der Waals surface area contributed by atoms with Crippen LogP contribution in [0.3, 0.4) is 0 Å². The Hall–Kier alpha value is -4.23.